The standard InChI is InChI=1S/C22H27ClN6O5S3/c1-2-18-25-26-22(36-18)24-20(31)16-6-4-11-29(16)19(30)13-28-10-3-5-15(21(28)32)27-37(33,34)12-9-14-7-8-17(23)35-14/h7-9,12,15-16,27H,2-6,10-11,13H2,1H3,(H,24,26,31)/t15-,16-/m0/s1. The number of sulfonamides is 1. The lowest BCUT2D eigenvalue weighted by Crippen LogP contribution is -2.55. The van der Waals surface area contributed by atoms with E-state index in [9.17, 15) is 22.8 Å². The van der Waals surface area contributed by atoms with Crippen LogP contribution in [-0.2, 0) is 30.8 Å². The molecule has 0 aliphatic carbocycles. The lowest BCUT2D eigenvalue weighted by atomic mass is 10.1. The molecule has 0 unspecified atom stereocenters. The maximum Gasteiger partial charge on any atom is 0.249 e. The molecule has 4 rings (SSSR count). The topological polar surface area (TPSA) is 142 Å². The Labute approximate surface area is 227 Å². The van der Waals surface area contributed by atoms with Gasteiger partial charge in [0.1, 0.15) is 17.1 Å². The molecule has 15 heteroatoms. The van der Waals surface area contributed by atoms with Gasteiger partial charge in [-0.05, 0) is 50.3 Å². The van der Waals surface area contributed by atoms with Gasteiger partial charge >= 0.3 is 0 Å². The van der Waals surface area contributed by atoms with Crippen molar-refractivity contribution in [3.8, 4) is 0 Å². The van der Waals surface area contributed by atoms with Crippen LogP contribution in [0, 0.1) is 0 Å². The van der Waals surface area contributed by atoms with Gasteiger partial charge in [-0.3, -0.25) is 19.7 Å². The number of piperidine rings is 1. The Morgan fingerprint density at radius 1 is 1.19 bits per heavy atom. The van der Waals surface area contributed by atoms with Crippen LogP contribution in [0.15, 0.2) is 17.5 Å². The van der Waals surface area contributed by atoms with Crippen molar-refractivity contribution >= 4 is 73.2 Å². The quantitative estimate of drug-likeness (QED) is 0.459. The maximum atomic E-state index is 13.1. The lowest BCUT2D eigenvalue weighted by Gasteiger charge is -2.33. The highest BCUT2D eigenvalue weighted by molar-refractivity contribution is 7.92. The number of hydrogen-bond acceptors (Lipinski definition) is 9. The van der Waals surface area contributed by atoms with E-state index in [2.05, 4.69) is 20.2 Å². The zero-order chi connectivity index (χ0) is 26.6. The van der Waals surface area contributed by atoms with Crippen molar-refractivity contribution < 1.29 is 22.8 Å². The van der Waals surface area contributed by atoms with E-state index in [1.54, 1.807) is 12.1 Å². The number of hydrogen-bond donors (Lipinski definition) is 2. The van der Waals surface area contributed by atoms with Crippen molar-refractivity contribution in [3.63, 3.8) is 0 Å². The first-order valence-corrected chi connectivity index (χ1v) is 15.4. The van der Waals surface area contributed by atoms with E-state index in [0.29, 0.717) is 59.5 Å². The summed E-state index contributed by atoms with van der Waals surface area (Å²) in [4.78, 5) is 42.4. The number of rotatable bonds is 9. The summed E-state index contributed by atoms with van der Waals surface area (Å²) >= 11 is 8.39. The monoisotopic (exact) mass is 586 g/mol. The molecule has 0 aromatic carbocycles. The number of carbonyl (C=O) groups excluding carboxylic acids is 3. The van der Waals surface area contributed by atoms with Crippen molar-refractivity contribution in [1.29, 1.82) is 0 Å². The average molecular weight is 587 g/mol. The van der Waals surface area contributed by atoms with E-state index < -0.39 is 28.0 Å². The number of amides is 3. The average Bonchev–Trinajstić information content (AvgIpc) is 3.61. The normalized spacial score (nSPS) is 20.6. The maximum absolute atomic E-state index is 13.1. The minimum absolute atomic E-state index is 0.219. The van der Waals surface area contributed by atoms with Crippen LogP contribution < -0.4 is 10.0 Å². The van der Waals surface area contributed by atoms with E-state index in [1.165, 1.54) is 38.5 Å². The van der Waals surface area contributed by atoms with Crippen LogP contribution in [-0.4, -0.2) is 77.9 Å². The second-order valence-electron chi connectivity index (χ2n) is 8.65. The molecule has 2 N–H and O–H groups in total. The molecular weight excluding hydrogens is 560 g/mol. The first kappa shape index (κ1) is 27.6. The minimum Gasteiger partial charge on any atom is -0.332 e. The van der Waals surface area contributed by atoms with E-state index in [4.69, 9.17) is 11.6 Å². The summed E-state index contributed by atoms with van der Waals surface area (Å²) in [6, 6.07) is 1.73. The molecule has 2 atom stereocenters. The second kappa shape index (κ2) is 12.0. The number of aryl methyl sites for hydroxylation is 1. The van der Waals surface area contributed by atoms with Crippen LogP contribution in [0.3, 0.4) is 0 Å². The highest BCUT2D eigenvalue weighted by Crippen LogP contribution is 2.24. The summed E-state index contributed by atoms with van der Waals surface area (Å²) in [7, 11) is -3.89. The van der Waals surface area contributed by atoms with Crippen LogP contribution in [0.2, 0.25) is 4.34 Å². The van der Waals surface area contributed by atoms with Crippen LogP contribution in [0.1, 0.15) is 42.5 Å². The lowest BCUT2D eigenvalue weighted by molar-refractivity contribution is -0.144. The smallest absolute Gasteiger partial charge is 0.249 e. The Kier molecular flexibility index (Phi) is 8.95. The molecule has 2 aromatic heterocycles. The molecule has 2 aromatic rings. The summed E-state index contributed by atoms with van der Waals surface area (Å²) in [5, 5.41) is 12.9. The van der Waals surface area contributed by atoms with Gasteiger partial charge in [-0.25, -0.2) is 8.42 Å². The van der Waals surface area contributed by atoms with Crippen LogP contribution in [0.5, 0.6) is 0 Å². The Morgan fingerprint density at radius 3 is 2.68 bits per heavy atom. The van der Waals surface area contributed by atoms with E-state index in [1.807, 2.05) is 6.92 Å². The van der Waals surface area contributed by atoms with Gasteiger partial charge in [0.05, 0.1) is 10.9 Å². The molecule has 0 spiro atoms. The molecule has 0 radical (unpaired) electrons. The third-order valence-electron chi connectivity index (χ3n) is 6.04. The van der Waals surface area contributed by atoms with Gasteiger partial charge in [-0.2, -0.15) is 4.72 Å². The predicted molar refractivity (Wildman–Crippen MR) is 143 cm³/mol. The number of aromatic nitrogens is 2. The van der Waals surface area contributed by atoms with Crippen molar-refractivity contribution in [1.82, 2.24) is 24.7 Å². The van der Waals surface area contributed by atoms with Crippen LogP contribution >= 0.6 is 34.3 Å². The van der Waals surface area contributed by atoms with Gasteiger partial charge in [0, 0.05) is 23.4 Å². The van der Waals surface area contributed by atoms with Gasteiger partial charge < -0.3 is 9.80 Å². The van der Waals surface area contributed by atoms with Gasteiger partial charge in [0.25, 0.3) is 0 Å². The molecule has 37 heavy (non-hydrogen) atoms. The van der Waals surface area contributed by atoms with Crippen molar-refractivity contribution in [3.05, 3.63) is 31.8 Å². The number of halogens is 1. The molecule has 4 heterocycles. The molecule has 2 aliphatic rings. The number of anilines is 1. The molecule has 2 fully saturated rings. The van der Waals surface area contributed by atoms with Gasteiger partial charge in [-0.1, -0.05) is 29.9 Å². The Balaban J connectivity index is 1.34. The number of nitrogens with zero attached hydrogens (tertiary/aromatic N) is 4. The Hall–Kier alpha value is -2.39. The summed E-state index contributed by atoms with van der Waals surface area (Å²) < 4.78 is 28.0. The largest absolute Gasteiger partial charge is 0.332 e. The predicted octanol–water partition coefficient (Wildman–Crippen LogP) is 2.33. The van der Waals surface area contributed by atoms with Gasteiger partial charge in [0.2, 0.25) is 32.9 Å². The van der Waals surface area contributed by atoms with Crippen molar-refractivity contribution in [2.45, 2.75) is 51.1 Å². The molecule has 0 bridgehead atoms. The zero-order valence-electron chi connectivity index (χ0n) is 20.1. The first-order chi connectivity index (χ1) is 17.6. The Morgan fingerprint density at radius 2 is 1.97 bits per heavy atom. The van der Waals surface area contributed by atoms with Crippen LogP contribution in [0.4, 0.5) is 5.13 Å². The summed E-state index contributed by atoms with van der Waals surface area (Å²) in [6.07, 6.45) is 4.17. The number of carbonyl (C=O) groups is 3. The van der Waals surface area contributed by atoms with Crippen LogP contribution in [0.25, 0.3) is 6.08 Å². The third-order valence-corrected chi connectivity index (χ3v) is 9.33. The number of nitrogens with one attached hydrogen (secondary N) is 2. The first-order valence-electron chi connectivity index (χ1n) is 11.8. The third kappa shape index (κ3) is 7.13. The fraction of sp³-hybridized carbons (Fsp3) is 0.500. The fourth-order valence-corrected chi connectivity index (χ4v) is 7.00. The molecule has 2 aliphatic heterocycles. The zero-order valence-corrected chi connectivity index (χ0v) is 23.3. The van der Waals surface area contributed by atoms with Crippen molar-refractivity contribution in [2.24, 2.45) is 0 Å². The number of likely N-dealkylation sites (tertiary alicyclic amines) is 2. The molecular formula is C22H27ClN6O5S3. The highest BCUT2D eigenvalue weighted by atomic mass is 35.5. The summed E-state index contributed by atoms with van der Waals surface area (Å²) in [5.74, 6) is -1.15. The SMILES string of the molecule is CCc1nnc(NC(=O)[C@@H]2CCCN2C(=O)CN2CCC[C@H](NS(=O)(=O)C=Cc3ccc(Cl)s3)C2=O)s1. The minimum atomic E-state index is -3.89. The summed E-state index contributed by atoms with van der Waals surface area (Å²) in [5.41, 5.74) is 0. The van der Waals surface area contributed by atoms with E-state index in [-0.39, 0.29) is 18.4 Å². The second-order valence-corrected chi connectivity index (χ2v) is 13.1. The summed E-state index contributed by atoms with van der Waals surface area (Å²) in [6.45, 7) is 2.47. The molecule has 11 nitrogen and oxygen atoms in total. The fourth-order valence-electron chi connectivity index (χ4n) is 4.25. The van der Waals surface area contributed by atoms with Gasteiger partial charge in [0.15, 0.2) is 0 Å². The number of thiophene rings is 1. The van der Waals surface area contributed by atoms with E-state index >= 15 is 0 Å². The van der Waals surface area contributed by atoms with Gasteiger partial charge in [-0.15, -0.1) is 21.5 Å². The molecule has 0 saturated carbocycles. The van der Waals surface area contributed by atoms with Crippen molar-refractivity contribution in [2.75, 3.05) is 25.0 Å². The molecule has 3 amide bonds. The highest BCUT2D eigenvalue weighted by Gasteiger charge is 2.37. The molecule has 200 valence electrons. The molecule has 2 saturated heterocycles. The Bertz CT molecular complexity index is 1290. The van der Waals surface area contributed by atoms with E-state index in [0.717, 1.165) is 10.4 Å².